The summed E-state index contributed by atoms with van der Waals surface area (Å²) in [5.74, 6) is -2.43. The highest BCUT2D eigenvalue weighted by Gasteiger charge is 2.39. The monoisotopic (exact) mass is 658 g/mol. The first-order valence-electron chi connectivity index (χ1n) is 16.1. The smallest absolute Gasteiger partial charge is 0.273 e. The molecule has 4 atom stereocenters. The Balaban J connectivity index is 1.47. The van der Waals surface area contributed by atoms with Crippen LogP contribution in [0.4, 0.5) is 0 Å². The first-order valence-corrected chi connectivity index (χ1v) is 17.0. The number of rotatable bonds is 6. The van der Waals surface area contributed by atoms with Crippen molar-refractivity contribution in [1.29, 1.82) is 0 Å². The Hall–Kier alpha value is -4.58. The summed E-state index contributed by atoms with van der Waals surface area (Å²) in [6.45, 7) is 5.28. The van der Waals surface area contributed by atoms with Crippen LogP contribution in [0.2, 0.25) is 0 Å². The number of aromatic nitrogens is 1. The van der Waals surface area contributed by atoms with Gasteiger partial charge in [0.2, 0.25) is 23.6 Å². The van der Waals surface area contributed by atoms with Gasteiger partial charge in [-0.1, -0.05) is 74.5 Å². The minimum Gasteiger partial charge on any atom is -0.349 e. The minimum atomic E-state index is -0.921. The van der Waals surface area contributed by atoms with E-state index in [-0.39, 0.29) is 30.6 Å². The molecule has 0 aliphatic carbocycles. The van der Waals surface area contributed by atoms with Gasteiger partial charge < -0.3 is 25.8 Å². The fourth-order valence-electron chi connectivity index (χ4n) is 6.12. The molecule has 0 saturated carbocycles. The zero-order valence-corrected chi connectivity index (χ0v) is 27.8. The molecule has 5 amide bonds. The number of hydrogen-bond acceptors (Lipinski definition) is 7. The van der Waals surface area contributed by atoms with Crippen molar-refractivity contribution in [3.8, 4) is 0 Å². The summed E-state index contributed by atoms with van der Waals surface area (Å²) in [7, 11) is 0. The van der Waals surface area contributed by atoms with E-state index in [1.165, 1.54) is 21.1 Å². The third-order valence-electron chi connectivity index (χ3n) is 8.54. The first-order chi connectivity index (χ1) is 22.6. The average Bonchev–Trinajstić information content (AvgIpc) is 3.73. The molecule has 0 radical (unpaired) electrons. The lowest BCUT2D eigenvalue weighted by molar-refractivity contribution is -0.142. The Labute approximate surface area is 279 Å². The predicted molar refractivity (Wildman–Crippen MR) is 178 cm³/mol. The second kappa shape index (κ2) is 15.3. The lowest BCUT2D eigenvalue weighted by Crippen LogP contribution is -2.58. The molecule has 3 N–H and O–H groups in total. The van der Waals surface area contributed by atoms with Crippen LogP contribution in [0, 0.1) is 5.92 Å². The second-order valence-electron chi connectivity index (χ2n) is 12.6. The van der Waals surface area contributed by atoms with Crippen LogP contribution in [0.3, 0.4) is 0 Å². The van der Waals surface area contributed by atoms with Crippen molar-refractivity contribution in [2.24, 2.45) is 5.92 Å². The van der Waals surface area contributed by atoms with Gasteiger partial charge in [-0.2, -0.15) is 0 Å². The van der Waals surface area contributed by atoms with Crippen molar-refractivity contribution >= 4 is 40.9 Å². The minimum absolute atomic E-state index is 0.00568. The predicted octanol–water partition coefficient (Wildman–Crippen LogP) is 2.55. The fourth-order valence-corrected chi connectivity index (χ4v) is 6.92. The van der Waals surface area contributed by atoms with Gasteiger partial charge in [-0.3, -0.25) is 24.0 Å². The average molecular weight is 659 g/mol. The van der Waals surface area contributed by atoms with Gasteiger partial charge in [0.25, 0.3) is 5.91 Å². The van der Waals surface area contributed by atoms with Crippen molar-refractivity contribution in [3.63, 3.8) is 0 Å². The quantitative estimate of drug-likeness (QED) is 0.372. The van der Waals surface area contributed by atoms with Gasteiger partial charge in [0.15, 0.2) is 0 Å². The molecule has 248 valence electrons. The summed E-state index contributed by atoms with van der Waals surface area (Å²) in [6.07, 6.45) is 2.03. The topological polar surface area (TPSA) is 141 Å². The fraction of sp³-hybridized carbons (Fsp3) is 0.429. The number of hydrogen-bond donors (Lipinski definition) is 3. The number of fused-ring (bicyclic) bond motifs is 1. The molecule has 0 spiro atoms. The molecular formula is C35H42N6O5S. The number of carbonyl (C=O) groups excluding carboxylic acids is 5. The highest BCUT2D eigenvalue weighted by Crippen LogP contribution is 2.21. The van der Waals surface area contributed by atoms with Crippen LogP contribution in [0.25, 0.3) is 0 Å². The maximum Gasteiger partial charge on any atom is 0.273 e. The molecule has 2 fully saturated rings. The third-order valence-corrected chi connectivity index (χ3v) is 9.38. The van der Waals surface area contributed by atoms with E-state index < -0.39 is 47.8 Å². The number of nitrogens with one attached hydrogen (secondary N) is 3. The molecule has 0 bridgehead atoms. The highest BCUT2D eigenvalue weighted by molar-refractivity contribution is 7.09. The van der Waals surface area contributed by atoms with Crippen LogP contribution in [0.1, 0.15) is 60.2 Å². The van der Waals surface area contributed by atoms with Crippen LogP contribution in [-0.2, 0) is 32.0 Å². The maximum atomic E-state index is 14.0. The van der Waals surface area contributed by atoms with E-state index in [2.05, 4.69) is 20.9 Å². The Bertz CT molecular complexity index is 1580. The second-order valence-corrected chi connectivity index (χ2v) is 13.5. The van der Waals surface area contributed by atoms with Crippen LogP contribution in [-0.4, -0.2) is 88.1 Å². The molecule has 2 aliphatic rings. The van der Waals surface area contributed by atoms with E-state index in [4.69, 9.17) is 0 Å². The normalized spacial score (nSPS) is 23.0. The van der Waals surface area contributed by atoms with E-state index in [0.29, 0.717) is 32.2 Å². The molecule has 2 saturated heterocycles. The van der Waals surface area contributed by atoms with E-state index >= 15 is 0 Å². The van der Waals surface area contributed by atoms with E-state index in [1.807, 2.05) is 74.5 Å². The first kappa shape index (κ1) is 33.8. The number of benzene rings is 2. The molecule has 2 aliphatic heterocycles. The molecule has 47 heavy (non-hydrogen) atoms. The Kier molecular flexibility index (Phi) is 11.0. The van der Waals surface area contributed by atoms with E-state index in [1.54, 1.807) is 12.3 Å². The van der Waals surface area contributed by atoms with Crippen LogP contribution in [0.5, 0.6) is 0 Å². The van der Waals surface area contributed by atoms with Gasteiger partial charge in [0.1, 0.15) is 23.8 Å². The van der Waals surface area contributed by atoms with Gasteiger partial charge in [-0.05, 0) is 43.2 Å². The van der Waals surface area contributed by atoms with Crippen LogP contribution < -0.4 is 16.0 Å². The molecule has 12 heteroatoms. The lowest BCUT2D eigenvalue weighted by atomic mass is 10.0. The SMILES string of the molecule is CC(C)[C@@H]1NC(=O)[C@H]2CCCN2C(=O)[C@H](C)NC(=O)CN(C(=O)c2csc(Cc3ccccc3)n2)C[C@H](Cc2ccccc2)NC1=O. The van der Waals surface area contributed by atoms with Gasteiger partial charge in [0.05, 0.1) is 17.6 Å². The Morgan fingerprint density at radius 1 is 0.936 bits per heavy atom. The standard InChI is InChI=1S/C35H42N6O5S/c1-22(2)31-33(44)37-26(17-24-11-6-4-7-12-24)19-40(35(46)27-21-47-30(38-27)18-25-13-8-5-9-14-25)20-29(42)36-23(3)34(45)41-16-10-15-28(41)32(43)39-31/h4-9,11-14,21-23,26,28,31H,10,15-20H2,1-3H3,(H,36,42)(H,37,44)(H,39,43)/t23-,26-,28+,31-/m0/s1. The molecule has 0 unspecified atom stereocenters. The van der Waals surface area contributed by atoms with Crippen molar-refractivity contribution in [2.45, 2.75) is 70.6 Å². The maximum absolute atomic E-state index is 14.0. The number of thiazole rings is 1. The highest BCUT2D eigenvalue weighted by atomic mass is 32.1. The molecule has 3 heterocycles. The van der Waals surface area contributed by atoms with Gasteiger partial charge in [-0.25, -0.2) is 4.98 Å². The van der Waals surface area contributed by atoms with Crippen molar-refractivity contribution in [1.82, 2.24) is 30.7 Å². The van der Waals surface area contributed by atoms with Crippen molar-refractivity contribution < 1.29 is 24.0 Å². The summed E-state index contributed by atoms with van der Waals surface area (Å²) < 4.78 is 0. The molecule has 5 rings (SSSR count). The molecular weight excluding hydrogens is 616 g/mol. The zero-order chi connectivity index (χ0) is 33.5. The van der Waals surface area contributed by atoms with Gasteiger partial charge in [0, 0.05) is 24.9 Å². The van der Waals surface area contributed by atoms with E-state index in [9.17, 15) is 24.0 Å². The summed E-state index contributed by atoms with van der Waals surface area (Å²) in [4.78, 5) is 75.7. The number of amides is 5. The van der Waals surface area contributed by atoms with Gasteiger partial charge in [-0.15, -0.1) is 11.3 Å². The molecule has 1 aromatic heterocycles. The van der Waals surface area contributed by atoms with Crippen LogP contribution in [0.15, 0.2) is 66.0 Å². The Morgan fingerprint density at radius 2 is 1.62 bits per heavy atom. The summed E-state index contributed by atoms with van der Waals surface area (Å²) in [5.41, 5.74) is 2.19. The van der Waals surface area contributed by atoms with E-state index in [0.717, 1.165) is 16.1 Å². The number of nitrogens with zero attached hydrogens (tertiary/aromatic N) is 3. The van der Waals surface area contributed by atoms with Crippen molar-refractivity contribution in [3.05, 3.63) is 87.9 Å². The number of carbonyl (C=O) groups is 5. The van der Waals surface area contributed by atoms with Gasteiger partial charge >= 0.3 is 0 Å². The molecule has 3 aromatic rings. The summed E-state index contributed by atoms with van der Waals surface area (Å²) >= 11 is 1.37. The molecule has 2 aromatic carbocycles. The zero-order valence-electron chi connectivity index (χ0n) is 27.0. The summed E-state index contributed by atoms with van der Waals surface area (Å²) in [6, 6.07) is 16.2. The third kappa shape index (κ3) is 8.62. The molecule has 11 nitrogen and oxygen atoms in total. The Morgan fingerprint density at radius 3 is 2.30 bits per heavy atom. The largest absolute Gasteiger partial charge is 0.349 e. The van der Waals surface area contributed by atoms with Crippen LogP contribution >= 0.6 is 11.3 Å². The summed E-state index contributed by atoms with van der Waals surface area (Å²) in [5, 5.41) is 11.2. The lowest BCUT2D eigenvalue weighted by Gasteiger charge is -2.30. The van der Waals surface area contributed by atoms with Crippen molar-refractivity contribution in [2.75, 3.05) is 19.6 Å².